The number of nitrogens with zero attached hydrogens (tertiary/aromatic N) is 3. The zero-order valence-electron chi connectivity index (χ0n) is 13.4. The Morgan fingerprint density at radius 1 is 1.04 bits per heavy atom. The quantitative estimate of drug-likeness (QED) is 0.944. The summed E-state index contributed by atoms with van der Waals surface area (Å²) in [6, 6.07) is 7.58. The van der Waals surface area contributed by atoms with Crippen LogP contribution in [0.25, 0.3) is 0 Å². The molecule has 2 aliphatic rings. The Labute approximate surface area is 136 Å². The Hall–Kier alpha value is -2.01. The molecule has 1 fully saturated rings. The minimum Gasteiger partial charge on any atom is -0.506 e. The SMILES string of the molecule is Oc1ccccc1N1CCN(Cc2noc3c2CCCC3)CC1. The van der Waals surface area contributed by atoms with Crippen molar-refractivity contribution in [2.45, 2.75) is 32.2 Å². The van der Waals surface area contributed by atoms with Gasteiger partial charge in [0.1, 0.15) is 17.2 Å². The van der Waals surface area contributed by atoms with Gasteiger partial charge in [-0.25, -0.2) is 0 Å². The highest BCUT2D eigenvalue weighted by molar-refractivity contribution is 5.57. The molecule has 1 aromatic heterocycles. The second-order valence-electron chi connectivity index (χ2n) is 6.49. The Kier molecular flexibility index (Phi) is 3.95. The number of phenolic OH excluding ortho intramolecular Hbond substituents is 1. The smallest absolute Gasteiger partial charge is 0.140 e. The summed E-state index contributed by atoms with van der Waals surface area (Å²) in [6.45, 7) is 4.70. The normalized spacial score (nSPS) is 18.9. The van der Waals surface area contributed by atoms with Crippen molar-refractivity contribution in [2.24, 2.45) is 0 Å². The molecule has 0 unspecified atom stereocenters. The molecule has 0 bridgehead atoms. The van der Waals surface area contributed by atoms with Gasteiger partial charge in [0.2, 0.25) is 0 Å². The first kappa shape index (κ1) is 14.6. The van der Waals surface area contributed by atoms with E-state index >= 15 is 0 Å². The molecule has 23 heavy (non-hydrogen) atoms. The van der Waals surface area contributed by atoms with E-state index in [9.17, 15) is 5.11 Å². The fourth-order valence-corrected chi connectivity index (χ4v) is 3.66. The van der Waals surface area contributed by atoms with Crippen LogP contribution < -0.4 is 4.90 Å². The van der Waals surface area contributed by atoms with E-state index in [1.165, 1.54) is 18.4 Å². The van der Waals surface area contributed by atoms with E-state index in [2.05, 4.69) is 15.0 Å². The molecule has 0 saturated carbocycles. The van der Waals surface area contributed by atoms with Crippen LogP contribution in [0.15, 0.2) is 28.8 Å². The lowest BCUT2D eigenvalue weighted by Gasteiger charge is -2.36. The van der Waals surface area contributed by atoms with Crippen molar-refractivity contribution in [1.29, 1.82) is 0 Å². The summed E-state index contributed by atoms with van der Waals surface area (Å²) in [5, 5.41) is 14.3. The van der Waals surface area contributed by atoms with E-state index < -0.39 is 0 Å². The number of aromatic nitrogens is 1. The Morgan fingerprint density at radius 3 is 2.65 bits per heavy atom. The average molecular weight is 313 g/mol. The number of para-hydroxylation sites is 2. The second-order valence-corrected chi connectivity index (χ2v) is 6.49. The third-order valence-electron chi connectivity index (χ3n) is 5.00. The number of rotatable bonds is 3. The molecule has 1 aliphatic heterocycles. The van der Waals surface area contributed by atoms with Gasteiger partial charge in [0.25, 0.3) is 0 Å². The van der Waals surface area contributed by atoms with Crippen molar-refractivity contribution in [3.8, 4) is 5.75 Å². The summed E-state index contributed by atoms with van der Waals surface area (Å²) in [5.74, 6) is 1.48. The monoisotopic (exact) mass is 313 g/mol. The summed E-state index contributed by atoms with van der Waals surface area (Å²) in [4.78, 5) is 4.69. The molecule has 5 heteroatoms. The van der Waals surface area contributed by atoms with E-state index in [4.69, 9.17) is 4.52 Å². The maximum Gasteiger partial charge on any atom is 0.140 e. The molecule has 0 atom stereocenters. The van der Waals surface area contributed by atoms with Gasteiger partial charge in [0, 0.05) is 44.7 Å². The highest BCUT2D eigenvalue weighted by Crippen LogP contribution is 2.28. The Bertz CT molecular complexity index is 675. The topological polar surface area (TPSA) is 52.7 Å². The maximum absolute atomic E-state index is 9.99. The molecular weight excluding hydrogens is 290 g/mol. The van der Waals surface area contributed by atoms with Crippen molar-refractivity contribution < 1.29 is 9.63 Å². The number of hydrogen-bond acceptors (Lipinski definition) is 5. The third kappa shape index (κ3) is 2.93. The molecule has 4 rings (SSSR count). The predicted octanol–water partition coefficient (Wildman–Crippen LogP) is 2.58. The number of piperazine rings is 1. The number of aryl methyl sites for hydroxylation is 1. The van der Waals surface area contributed by atoms with Gasteiger partial charge in [0.05, 0.1) is 5.69 Å². The maximum atomic E-state index is 9.99. The molecule has 1 N–H and O–H groups in total. The number of aromatic hydroxyl groups is 1. The number of phenols is 1. The van der Waals surface area contributed by atoms with E-state index in [0.717, 1.165) is 62.7 Å². The van der Waals surface area contributed by atoms with Gasteiger partial charge in [-0.05, 0) is 31.4 Å². The van der Waals surface area contributed by atoms with Gasteiger partial charge in [0.15, 0.2) is 0 Å². The molecular formula is C18H23N3O2. The molecule has 0 amide bonds. The molecule has 1 saturated heterocycles. The molecule has 1 aliphatic carbocycles. The second kappa shape index (κ2) is 6.24. The van der Waals surface area contributed by atoms with Crippen LogP contribution in [0, 0.1) is 0 Å². The van der Waals surface area contributed by atoms with Crippen LogP contribution in [-0.2, 0) is 19.4 Å². The van der Waals surface area contributed by atoms with Crippen LogP contribution in [0.4, 0.5) is 5.69 Å². The lowest BCUT2D eigenvalue weighted by molar-refractivity contribution is 0.241. The highest BCUT2D eigenvalue weighted by atomic mass is 16.5. The number of benzene rings is 1. The number of fused-ring (bicyclic) bond motifs is 1. The zero-order chi connectivity index (χ0) is 15.6. The van der Waals surface area contributed by atoms with E-state index in [1.807, 2.05) is 18.2 Å². The number of anilines is 1. The molecule has 0 radical (unpaired) electrons. The van der Waals surface area contributed by atoms with Crippen LogP contribution in [0.2, 0.25) is 0 Å². The minimum atomic E-state index is 0.367. The van der Waals surface area contributed by atoms with Gasteiger partial charge >= 0.3 is 0 Å². The van der Waals surface area contributed by atoms with Crippen LogP contribution >= 0.6 is 0 Å². The summed E-state index contributed by atoms with van der Waals surface area (Å²) >= 11 is 0. The molecule has 0 spiro atoms. The number of hydrogen-bond donors (Lipinski definition) is 1. The Balaban J connectivity index is 1.39. The van der Waals surface area contributed by atoms with Gasteiger partial charge in [-0.2, -0.15) is 0 Å². The zero-order valence-corrected chi connectivity index (χ0v) is 13.4. The summed E-state index contributed by atoms with van der Waals surface area (Å²) in [5.41, 5.74) is 3.43. The van der Waals surface area contributed by atoms with Crippen LogP contribution in [-0.4, -0.2) is 41.3 Å². The standard InChI is InChI=1S/C18H23N3O2/c22-17-7-3-2-6-16(17)21-11-9-20(10-12-21)13-15-14-5-1-4-8-18(14)23-19-15/h2-3,6-7,22H,1,4-5,8-13H2. The van der Waals surface area contributed by atoms with E-state index in [1.54, 1.807) is 6.07 Å². The minimum absolute atomic E-state index is 0.367. The predicted molar refractivity (Wildman–Crippen MR) is 88.7 cm³/mol. The van der Waals surface area contributed by atoms with Gasteiger partial charge < -0.3 is 14.5 Å². The fourth-order valence-electron chi connectivity index (χ4n) is 3.66. The van der Waals surface area contributed by atoms with Crippen LogP contribution in [0.5, 0.6) is 5.75 Å². The van der Waals surface area contributed by atoms with E-state index in [0.29, 0.717) is 5.75 Å². The first-order valence-electron chi connectivity index (χ1n) is 8.53. The lowest BCUT2D eigenvalue weighted by Crippen LogP contribution is -2.46. The first-order chi connectivity index (χ1) is 11.3. The molecule has 2 heterocycles. The summed E-state index contributed by atoms with van der Waals surface area (Å²) in [6.07, 6.45) is 4.64. The average Bonchev–Trinajstić information content (AvgIpc) is 2.99. The first-order valence-corrected chi connectivity index (χ1v) is 8.53. The molecule has 122 valence electrons. The van der Waals surface area contributed by atoms with Crippen molar-refractivity contribution in [3.05, 3.63) is 41.3 Å². The van der Waals surface area contributed by atoms with Crippen molar-refractivity contribution in [1.82, 2.24) is 10.1 Å². The molecule has 5 nitrogen and oxygen atoms in total. The van der Waals surface area contributed by atoms with Crippen molar-refractivity contribution in [3.63, 3.8) is 0 Å². The highest BCUT2D eigenvalue weighted by Gasteiger charge is 2.24. The Morgan fingerprint density at radius 2 is 1.83 bits per heavy atom. The third-order valence-corrected chi connectivity index (χ3v) is 5.00. The van der Waals surface area contributed by atoms with Gasteiger partial charge in [-0.15, -0.1) is 0 Å². The summed E-state index contributed by atoms with van der Waals surface area (Å²) in [7, 11) is 0. The largest absolute Gasteiger partial charge is 0.506 e. The lowest BCUT2D eigenvalue weighted by atomic mass is 9.96. The van der Waals surface area contributed by atoms with Crippen LogP contribution in [0.3, 0.4) is 0 Å². The summed E-state index contributed by atoms with van der Waals surface area (Å²) < 4.78 is 5.51. The van der Waals surface area contributed by atoms with Crippen molar-refractivity contribution in [2.75, 3.05) is 31.1 Å². The van der Waals surface area contributed by atoms with Gasteiger partial charge in [-0.1, -0.05) is 17.3 Å². The van der Waals surface area contributed by atoms with Crippen molar-refractivity contribution >= 4 is 5.69 Å². The fraction of sp³-hybridized carbons (Fsp3) is 0.500. The molecule has 1 aromatic carbocycles. The van der Waals surface area contributed by atoms with Crippen LogP contribution in [0.1, 0.15) is 29.9 Å². The molecule has 2 aromatic rings. The van der Waals surface area contributed by atoms with Gasteiger partial charge in [-0.3, -0.25) is 4.90 Å². The van der Waals surface area contributed by atoms with E-state index in [-0.39, 0.29) is 0 Å².